The summed E-state index contributed by atoms with van der Waals surface area (Å²) in [5, 5.41) is 12.3. The van der Waals surface area contributed by atoms with Gasteiger partial charge < -0.3 is 20.9 Å². The quantitative estimate of drug-likeness (QED) is 0.0721. The third-order valence-electron chi connectivity index (χ3n) is 8.49. The normalized spacial score (nSPS) is 10.4. The number of aromatic nitrogens is 8. The fraction of sp³-hybridized carbons (Fsp3) is 0.0667. The van der Waals surface area contributed by atoms with Crippen LogP contribution in [0.15, 0.2) is 151 Å². The Morgan fingerprint density at radius 1 is 0.615 bits per heavy atom. The highest BCUT2D eigenvalue weighted by Gasteiger charge is 2.08. The maximum atomic E-state index is 11.1. The topological polar surface area (TPSA) is 261 Å². The number of amidine groups is 1. The number of fused-ring (bicyclic) bond motifs is 4. The highest BCUT2D eigenvalue weighted by atomic mass is 36.0. The van der Waals surface area contributed by atoms with Gasteiger partial charge in [-0.25, -0.2) is 48.9 Å². The van der Waals surface area contributed by atoms with Crippen LogP contribution in [0, 0.1) is 11.3 Å². The lowest BCUT2D eigenvalue weighted by molar-refractivity contribution is 0.0594. The van der Waals surface area contributed by atoms with Gasteiger partial charge in [0.25, 0.3) is 5.91 Å². The van der Waals surface area contributed by atoms with Crippen LogP contribution in [0.4, 0.5) is 0 Å². The highest BCUT2D eigenvalue weighted by Crippen LogP contribution is 2.18. The van der Waals surface area contributed by atoms with Gasteiger partial charge in [0.1, 0.15) is 34.7 Å². The molecule has 9 rings (SSSR count). The largest absolute Gasteiger partial charge is 0.496 e. The molecule has 9 aromatic rings. The van der Waals surface area contributed by atoms with E-state index in [-0.39, 0.29) is 11.4 Å². The summed E-state index contributed by atoms with van der Waals surface area (Å²) >= 11 is 0. The molecule has 0 saturated heterocycles. The Hall–Kier alpha value is -8.11. The number of hydrogen-bond acceptors (Lipinski definition) is 15. The predicted molar refractivity (Wildman–Crippen MR) is 250 cm³/mol. The monoisotopic (exact) mass is 926 g/mol. The zero-order valence-electron chi connectivity index (χ0n) is 34.4. The first kappa shape index (κ1) is 47.9. The van der Waals surface area contributed by atoms with Gasteiger partial charge in [-0.05, 0) is 103 Å². The molecule has 0 spiro atoms. The number of amides is 1. The molecule has 0 radical (unpaired) electrons. The van der Waals surface area contributed by atoms with E-state index in [9.17, 15) is 9.59 Å². The van der Waals surface area contributed by atoms with E-state index in [1.54, 1.807) is 62.2 Å². The Bertz CT molecular complexity index is 3170. The molecular weight excluding hydrogens is 892 g/mol. The minimum atomic E-state index is -1.67. The van der Waals surface area contributed by atoms with Crippen molar-refractivity contribution in [3.05, 3.63) is 174 Å². The van der Waals surface area contributed by atoms with Gasteiger partial charge in [0.15, 0.2) is 28.3 Å². The maximum absolute atomic E-state index is 11.1. The molecule has 0 atom stereocenters. The summed E-state index contributed by atoms with van der Waals surface area (Å²) in [6.45, 7) is 0.442. The molecule has 0 saturated carbocycles. The maximum Gasteiger partial charge on any atom is 0.356 e. The van der Waals surface area contributed by atoms with Gasteiger partial charge in [-0.1, -0.05) is 18.2 Å². The Labute approximate surface area is 382 Å². The van der Waals surface area contributed by atoms with E-state index < -0.39 is 21.1 Å². The summed E-state index contributed by atoms with van der Waals surface area (Å²) < 4.78 is 18.9. The minimum Gasteiger partial charge on any atom is -0.496 e. The number of esters is 1. The zero-order valence-corrected chi connectivity index (χ0v) is 36.7. The highest BCUT2D eigenvalue weighted by molar-refractivity contribution is 8.26. The van der Waals surface area contributed by atoms with E-state index in [1.807, 2.05) is 97.1 Å². The van der Waals surface area contributed by atoms with Crippen LogP contribution in [0.25, 0.3) is 44.1 Å². The van der Waals surface area contributed by atoms with Crippen molar-refractivity contribution in [3.8, 4) is 11.8 Å². The Balaban J connectivity index is 0.000000163. The second kappa shape index (κ2) is 24.5. The van der Waals surface area contributed by atoms with Crippen LogP contribution in [-0.2, 0) is 20.5 Å². The number of carbonyl (C=O) groups excluding carboxylic acids is 2. The van der Waals surface area contributed by atoms with Crippen LogP contribution in [-0.4, -0.2) is 76.0 Å². The SMILES string of the molecule is COC(=O)c1ccc2cccnc2n1.COc1ccccc1CN=C(N)c1ccc2cccnc2n1.N#Cc1ccc2cccnc2n1.NC(=O)c1ccc2cccnc2n1.O=S(Cl)Cl. The number of nitriles is 1. The zero-order chi connectivity index (χ0) is 46.6. The number of pyridine rings is 8. The van der Waals surface area contributed by atoms with Crippen molar-refractivity contribution in [2.24, 2.45) is 16.5 Å². The Morgan fingerprint density at radius 3 is 1.52 bits per heavy atom. The number of nitrogens with zero attached hydrogens (tertiary/aromatic N) is 10. The molecule has 0 fully saturated rings. The Morgan fingerprint density at radius 2 is 1.05 bits per heavy atom. The van der Waals surface area contributed by atoms with E-state index >= 15 is 0 Å². The molecule has 0 unspecified atom stereocenters. The van der Waals surface area contributed by atoms with Crippen LogP contribution in [0.3, 0.4) is 0 Å². The number of primary amides is 1. The standard InChI is InChI=1S/C17H16N4O.C10H8N2O2.C9H7N3O.C9H5N3.Cl2OS/c1-22-15-7-3-2-5-13(15)11-20-16(18)14-9-8-12-6-4-10-19-17(12)21-14;1-14-10(13)8-5-4-7-3-2-6-11-9(7)12-8;10-8(13)7-4-3-6-2-1-5-11-9(6)12-7;10-6-8-4-3-7-2-1-5-11-9(7)12-8;1-4(2)3/h2-10H,11H2,1H3,(H2,18,20);2-6H,1H3;1-5H,(H2,10,13);1-5H;. The lowest BCUT2D eigenvalue weighted by atomic mass is 10.2. The molecule has 8 heterocycles. The number of halogens is 2. The molecule has 0 aliphatic heterocycles. The van der Waals surface area contributed by atoms with E-state index in [0.717, 1.165) is 32.9 Å². The fourth-order valence-corrected chi connectivity index (χ4v) is 5.46. The lowest BCUT2D eigenvalue weighted by Crippen LogP contribution is -2.15. The molecule has 1 amide bonds. The number of aliphatic imine (C=N–C) groups is 1. The van der Waals surface area contributed by atoms with Crippen LogP contribution in [0.5, 0.6) is 5.75 Å². The van der Waals surface area contributed by atoms with Crippen molar-refractivity contribution in [2.75, 3.05) is 14.2 Å². The van der Waals surface area contributed by atoms with Gasteiger partial charge in [-0.15, -0.1) is 0 Å². The van der Waals surface area contributed by atoms with Crippen molar-refractivity contribution in [1.29, 1.82) is 5.26 Å². The Kier molecular flexibility index (Phi) is 18.1. The summed E-state index contributed by atoms with van der Waals surface area (Å²) in [6, 6.07) is 38.8. The molecule has 0 aliphatic rings. The summed E-state index contributed by atoms with van der Waals surface area (Å²) in [6.07, 6.45) is 6.63. The van der Waals surface area contributed by atoms with Crippen LogP contribution in [0.1, 0.15) is 37.9 Å². The van der Waals surface area contributed by atoms with Crippen LogP contribution in [0.2, 0.25) is 0 Å². The molecule has 65 heavy (non-hydrogen) atoms. The first-order valence-corrected chi connectivity index (χ1v) is 21.6. The third-order valence-corrected chi connectivity index (χ3v) is 8.49. The van der Waals surface area contributed by atoms with E-state index in [2.05, 4.69) is 71.0 Å². The third kappa shape index (κ3) is 14.5. The number of para-hydroxylation sites is 1. The van der Waals surface area contributed by atoms with Gasteiger partial charge in [0.05, 0.1) is 20.8 Å². The number of carbonyl (C=O) groups is 2. The molecule has 326 valence electrons. The van der Waals surface area contributed by atoms with Crippen molar-refractivity contribution < 1.29 is 23.3 Å². The average molecular weight is 928 g/mol. The van der Waals surface area contributed by atoms with Gasteiger partial charge in [0, 0.05) is 73.3 Å². The van der Waals surface area contributed by atoms with Gasteiger partial charge >= 0.3 is 5.97 Å². The lowest BCUT2D eigenvalue weighted by Gasteiger charge is -2.06. The number of methoxy groups -OCH3 is 2. The molecule has 8 aromatic heterocycles. The van der Waals surface area contributed by atoms with Crippen LogP contribution >= 0.6 is 21.4 Å². The second-order valence-electron chi connectivity index (χ2n) is 12.7. The molecular formula is C45H36Cl2N12O5S. The van der Waals surface area contributed by atoms with E-state index in [4.69, 9.17) is 25.7 Å². The minimum absolute atomic E-state index is 0.242. The molecule has 20 heteroatoms. The van der Waals surface area contributed by atoms with Crippen LogP contribution < -0.4 is 16.2 Å². The van der Waals surface area contributed by atoms with Crippen molar-refractivity contribution in [2.45, 2.75) is 6.54 Å². The fourth-order valence-electron chi connectivity index (χ4n) is 5.46. The number of nitrogens with two attached hydrogens (primary N) is 2. The van der Waals surface area contributed by atoms with Crippen molar-refractivity contribution in [3.63, 3.8) is 0 Å². The van der Waals surface area contributed by atoms with Gasteiger partial charge in [0.2, 0.25) is 9.23 Å². The van der Waals surface area contributed by atoms with Crippen molar-refractivity contribution in [1.82, 2.24) is 39.9 Å². The molecule has 4 N–H and O–H groups in total. The number of rotatable bonds is 6. The summed E-state index contributed by atoms with van der Waals surface area (Å²) in [7, 11) is 10.3. The number of hydrogen-bond donors (Lipinski definition) is 2. The van der Waals surface area contributed by atoms with E-state index in [0.29, 0.717) is 46.4 Å². The predicted octanol–water partition coefficient (Wildman–Crippen LogP) is 7.23. The van der Waals surface area contributed by atoms with E-state index in [1.165, 1.54) is 7.11 Å². The average Bonchev–Trinajstić information content (AvgIpc) is 3.35. The molecule has 17 nitrogen and oxygen atoms in total. The van der Waals surface area contributed by atoms with Crippen molar-refractivity contribution >= 4 is 92.4 Å². The molecule has 1 aromatic carbocycles. The number of benzene rings is 1. The van der Waals surface area contributed by atoms with Gasteiger partial charge in [-0.2, -0.15) is 5.26 Å². The summed E-state index contributed by atoms with van der Waals surface area (Å²) in [4.78, 5) is 59.1. The summed E-state index contributed by atoms with van der Waals surface area (Å²) in [5.74, 6) is 0.204. The summed E-state index contributed by atoms with van der Waals surface area (Å²) in [5.41, 5.74) is 16.0. The first-order valence-electron chi connectivity index (χ1n) is 18.8. The number of ether oxygens (including phenoxy) is 2. The smallest absolute Gasteiger partial charge is 0.356 e. The molecule has 0 bridgehead atoms. The van der Waals surface area contributed by atoms with Gasteiger partial charge in [-0.3, -0.25) is 9.79 Å². The second-order valence-corrected chi connectivity index (χ2v) is 15.2. The first-order chi connectivity index (χ1) is 31.5. The molecule has 0 aliphatic carbocycles.